The lowest BCUT2D eigenvalue weighted by molar-refractivity contribution is -0.120. The van der Waals surface area contributed by atoms with Gasteiger partial charge in [0.05, 0.1) is 0 Å². The molecule has 1 saturated carbocycles. The van der Waals surface area contributed by atoms with E-state index in [0.717, 1.165) is 57.4 Å². The predicted octanol–water partition coefficient (Wildman–Crippen LogP) is 4.14. The summed E-state index contributed by atoms with van der Waals surface area (Å²) in [5.74, 6) is 0.616. The lowest BCUT2D eigenvalue weighted by atomic mass is 10.0. The van der Waals surface area contributed by atoms with Crippen LogP contribution in [0.25, 0.3) is 0 Å². The topological polar surface area (TPSA) is 23.6 Å². The van der Waals surface area contributed by atoms with Crippen LogP contribution in [0.2, 0.25) is 0 Å². The van der Waals surface area contributed by atoms with Crippen LogP contribution >= 0.6 is 0 Å². The molecule has 2 aliphatic rings. The highest BCUT2D eigenvalue weighted by Crippen LogP contribution is 2.35. The predicted molar refractivity (Wildman–Crippen MR) is 106 cm³/mol. The summed E-state index contributed by atoms with van der Waals surface area (Å²) in [5, 5.41) is 0. The highest BCUT2D eigenvalue weighted by Gasteiger charge is 2.37. The van der Waals surface area contributed by atoms with Crippen LogP contribution in [-0.4, -0.2) is 36.5 Å². The van der Waals surface area contributed by atoms with Gasteiger partial charge in [0.15, 0.2) is 0 Å². The minimum atomic E-state index is 0.270. The molecule has 0 spiro atoms. The van der Waals surface area contributed by atoms with Crippen molar-refractivity contribution in [1.82, 2.24) is 4.90 Å². The highest BCUT2D eigenvalue weighted by atomic mass is 16.2. The highest BCUT2D eigenvalue weighted by molar-refractivity contribution is 5.97. The first-order valence-corrected chi connectivity index (χ1v) is 9.95. The van der Waals surface area contributed by atoms with E-state index in [1.165, 1.54) is 5.56 Å². The molecule has 0 radical (unpaired) electrons. The number of carbonyl (C=O) groups excluding carboxylic acids is 1. The Morgan fingerprint density at radius 1 is 0.885 bits per heavy atom. The van der Waals surface area contributed by atoms with Crippen molar-refractivity contribution in [2.24, 2.45) is 5.92 Å². The van der Waals surface area contributed by atoms with Gasteiger partial charge in [0.25, 0.3) is 0 Å². The zero-order valence-corrected chi connectivity index (χ0v) is 15.4. The summed E-state index contributed by atoms with van der Waals surface area (Å²) in [5.41, 5.74) is 2.48. The van der Waals surface area contributed by atoms with Gasteiger partial charge in [0.2, 0.25) is 5.91 Å². The molecule has 0 atom stereocenters. The molecule has 1 heterocycles. The summed E-state index contributed by atoms with van der Waals surface area (Å²) in [4.78, 5) is 17.6. The molecular weight excluding hydrogens is 326 g/mol. The molecule has 3 heteroatoms. The number of carbonyl (C=O) groups is 1. The van der Waals surface area contributed by atoms with Gasteiger partial charge in [-0.2, -0.15) is 0 Å². The Morgan fingerprint density at radius 2 is 1.50 bits per heavy atom. The Balaban J connectivity index is 1.36. The van der Waals surface area contributed by atoms with Gasteiger partial charge in [-0.15, -0.1) is 0 Å². The maximum Gasteiger partial charge on any atom is 0.230 e. The first-order chi connectivity index (χ1) is 12.8. The molecule has 1 aliphatic carbocycles. The smallest absolute Gasteiger partial charge is 0.230 e. The first-order valence-electron chi connectivity index (χ1n) is 9.95. The third kappa shape index (κ3) is 4.16. The molecule has 0 N–H and O–H groups in total. The summed E-state index contributed by atoms with van der Waals surface area (Å²) in [6, 6.07) is 21.3. The fourth-order valence-corrected chi connectivity index (χ4v) is 3.97. The number of anilines is 1. The molecule has 4 rings (SSSR count). The Kier molecular flexibility index (Phi) is 5.35. The maximum absolute atomic E-state index is 12.9. The second kappa shape index (κ2) is 8.05. The molecule has 2 aromatic carbocycles. The average molecular weight is 354 g/mol. The average Bonchev–Trinajstić information content (AvgIpc) is 3.55. The number of amides is 1. The van der Waals surface area contributed by atoms with Gasteiger partial charge >= 0.3 is 0 Å². The summed E-state index contributed by atoms with van der Waals surface area (Å²) in [7, 11) is 0. The van der Waals surface area contributed by atoms with Crippen LogP contribution < -0.4 is 4.90 Å². The van der Waals surface area contributed by atoms with Crippen molar-refractivity contribution in [2.45, 2.75) is 38.1 Å². The molecule has 0 bridgehead atoms. The lowest BCUT2D eigenvalue weighted by Crippen LogP contribution is -2.48. The SMILES string of the molecule is O=C(C1CC1)N(C1CCN(CCc2ccccc2)CC1)[13c]1[13cH][13cH][13cH][13cH][13cH]1. The lowest BCUT2D eigenvalue weighted by Gasteiger charge is -2.38. The summed E-state index contributed by atoms with van der Waals surface area (Å²) < 4.78 is 0. The molecule has 26 heavy (non-hydrogen) atoms. The first kappa shape index (κ1) is 17.3. The van der Waals surface area contributed by atoms with E-state index < -0.39 is 0 Å². The molecule has 1 saturated heterocycles. The fraction of sp³-hybridized carbons (Fsp3) is 0.435. The number of benzene rings is 2. The van der Waals surface area contributed by atoms with Crippen LogP contribution in [-0.2, 0) is 11.2 Å². The zero-order valence-electron chi connectivity index (χ0n) is 15.4. The fourth-order valence-electron chi connectivity index (χ4n) is 3.97. The summed E-state index contributed by atoms with van der Waals surface area (Å²) >= 11 is 0. The van der Waals surface area contributed by atoms with Crippen molar-refractivity contribution in [2.75, 3.05) is 24.5 Å². The van der Waals surface area contributed by atoms with Crippen molar-refractivity contribution in [3.05, 3.63) is 66.2 Å². The molecule has 3 nitrogen and oxygen atoms in total. The summed E-state index contributed by atoms with van der Waals surface area (Å²) in [6.45, 7) is 3.27. The van der Waals surface area contributed by atoms with E-state index in [0.29, 0.717) is 11.9 Å². The van der Waals surface area contributed by atoms with E-state index in [2.05, 4.69) is 52.3 Å². The van der Waals surface area contributed by atoms with Crippen LogP contribution in [0.5, 0.6) is 0 Å². The number of hydrogen-bond donors (Lipinski definition) is 0. The van der Waals surface area contributed by atoms with Crippen LogP contribution in [0.4, 0.5) is 5.69 Å². The molecular formula is C23H28N2O. The molecule has 0 aromatic heterocycles. The second-order valence-corrected chi connectivity index (χ2v) is 7.63. The third-order valence-electron chi connectivity index (χ3n) is 5.68. The number of para-hydroxylation sites is 1. The molecule has 136 valence electrons. The standard InChI is InChI=1S/C23H28N2O/c26-23(20-11-12-20)25(21-9-5-2-6-10-21)22-14-17-24(18-15-22)16-13-19-7-3-1-4-8-19/h1-10,20,22H,11-18H2/i2+1,5+1,6+1,9+1,10+1,21+1. The minimum absolute atomic E-state index is 0.270. The van der Waals surface area contributed by atoms with Gasteiger partial charge in [0, 0.05) is 37.3 Å². The van der Waals surface area contributed by atoms with Gasteiger partial charge in [-0.1, -0.05) is 48.5 Å². The number of piperidine rings is 1. The van der Waals surface area contributed by atoms with E-state index in [-0.39, 0.29) is 5.92 Å². The van der Waals surface area contributed by atoms with E-state index >= 15 is 0 Å². The number of hydrogen-bond acceptors (Lipinski definition) is 2. The largest absolute Gasteiger partial charge is 0.309 e. The van der Waals surface area contributed by atoms with Crippen molar-refractivity contribution >= 4 is 11.6 Å². The van der Waals surface area contributed by atoms with Crippen molar-refractivity contribution < 1.29 is 4.79 Å². The Labute approximate surface area is 156 Å². The Bertz CT molecular complexity index is 704. The van der Waals surface area contributed by atoms with Crippen LogP contribution in [0.1, 0.15) is 31.2 Å². The monoisotopic (exact) mass is 354 g/mol. The van der Waals surface area contributed by atoms with Crippen molar-refractivity contribution in [1.29, 1.82) is 0 Å². The number of nitrogens with zero attached hydrogens (tertiary/aromatic N) is 2. The van der Waals surface area contributed by atoms with E-state index in [9.17, 15) is 4.79 Å². The van der Waals surface area contributed by atoms with Gasteiger partial charge in [-0.05, 0) is 49.8 Å². The molecule has 2 aromatic rings. The van der Waals surface area contributed by atoms with Gasteiger partial charge in [-0.25, -0.2) is 0 Å². The second-order valence-electron chi connectivity index (χ2n) is 7.63. The van der Waals surface area contributed by atoms with E-state index in [1.54, 1.807) is 0 Å². The van der Waals surface area contributed by atoms with Crippen LogP contribution in [0.15, 0.2) is 60.7 Å². The van der Waals surface area contributed by atoms with E-state index in [4.69, 9.17) is 0 Å². The third-order valence-corrected chi connectivity index (χ3v) is 5.68. The van der Waals surface area contributed by atoms with Gasteiger partial charge < -0.3 is 9.80 Å². The molecule has 1 amide bonds. The number of likely N-dealkylation sites (tertiary alicyclic amines) is 1. The molecule has 1 aliphatic heterocycles. The molecule has 0 unspecified atom stereocenters. The Hall–Kier alpha value is -2.13. The quantitative estimate of drug-likeness (QED) is 0.778. The maximum atomic E-state index is 12.9. The van der Waals surface area contributed by atoms with E-state index in [1.807, 2.05) is 18.2 Å². The normalized spacial score (nSPS) is 18.6. The minimum Gasteiger partial charge on any atom is -0.309 e. The Morgan fingerprint density at radius 3 is 2.12 bits per heavy atom. The molecule has 2 fully saturated rings. The number of rotatable bonds is 6. The summed E-state index contributed by atoms with van der Waals surface area (Å²) in [6.07, 6.45) is 5.38. The van der Waals surface area contributed by atoms with Gasteiger partial charge in [-0.3, -0.25) is 4.79 Å². The van der Waals surface area contributed by atoms with Gasteiger partial charge in [0.1, 0.15) is 0 Å². The van der Waals surface area contributed by atoms with Crippen molar-refractivity contribution in [3.63, 3.8) is 0 Å². The van der Waals surface area contributed by atoms with Crippen LogP contribution in [0.3, 0.4) is 0 Å². The van der Waals surface area contributed by atoms with Crippen LogP contribution in [0, 0.1) is 5.92 Å². The zero-order chi connectivity index (χ0) is 17.8. The van der Waals surface area contributed by atoms with Crippen molar-refractivity contribution in [3.8, 4) is 0 Å².